The largest absolute Gasteiger partial charge is 0.332 e. The van der Waals surface area contributed by atoms with Gasteiger partial charge in [0.05, 0.1) is 12.2 Å². The normalized spacial score (nSPS) is 10.2. The third-order valence-corrected chi connectivity index (χ3v) is 3.44. The summed E-state index contributed by atoms with van der Waals surface area (Å²) in [4.78, 5) is 20.4. The molecule has 110 valence electrons. The molecule has 5 nitrogen and oxygen atoms in total. The van der Waals surface area contributed by atoms with Gasteiger partial charge in [0.25, 0.3) is 0 Å². The number of nitrogens with one attached hydrogen (secondary N) is 2. The Hall–Kier alpha value is -2.15. The molecule has 0 saturated heterocycles. The molecule has 0 unspecified atom stereocenters. The summed E-state index contributed by atoms with van der Waals surface area (Å²) >= 11 is 1.31. The molecule has 2 rings (SSSR count). The van der Waals surface area contributed by atoms with Crippen LogP contribution in [0, 0.1) is 12.7 Å². The van der Waals surface area contributed by atoms with E-state index in [1.807, 2.05) is 0 Å². The number of carbonyl (C=O) groups excluding carboxylic acids is 1. The number of aromatic nitrogens is 2. The number of halogens is 1. The Morgan fingerprint density at radius 1 is 1.38 bits per heavy atom. The number of anilines is 1. The van der Waals surface area contributed by atoms with Crippen molar-refractivity contribution in [3.05, 3.63) is 47.8 Å². The first-order chi connectivity index (χ1) is 10.1. The van der Waals surface area contributed by atoms with Crippen molar-refractivity contribution in [1.82, 2.24) is 15.3 Å². The quantitative estimate of drug-likeness (QED) is 0.852. The molecule has 0 spiro atoms. The van der Waals surface area contributed by atoms with Gasteiger partial charge in [-0.2, -0.15) is 0 Å². The maximum absolute atomic E-state index is 13.6. The molecule has 0 aliphatic carbocycles. The number of carbonyl (C=O) groups is 1. The van der Waals surface area contributed by atoms with E-state index in [1.54, 1.807) is 37.6 Å². The van der Waals surface area contributed by atoms with E-state index in [-0.39, 0.29) is 12.4 Å². The van der Waals surface area contributed by atoms with E-state index in [0.29, 0.717) is 22.1 Å². The van der Waals surface area contributed by atoms with Crippen molar-refractivity contribution in [1.29, 1.82) is 0 Å². The third kappa shape index (κ3) is 4.42. The van der Waals surface area contributed by atoms with Gasteiger partial charge in [-0.25, -0.2) is 19.2 Å². The number of thioether (sulfide) groups is 1. The highest BCUT2D eigenvalue weighted by Gasteiger charge is 2.06. The van der Waals surface area contributed by atoms with Crippen molar-refractivity contribution >= 4 is 23.5 Å². The van der Waals surface area contributed by atoms with Gasteiger partial charge in [0.15, 0.2) is 0 Å². The summed E-state index contributed by atoms with van der Waals surface area (Å²) in [5.74, 6) is 0.288. The van der Waals surface area contributed by atoms with E-state index in [4.69, 9.17) is 0 Å². The van der Waals surface area contributed by atoms with E-state index in [0.717, 1.165) is 0 Å². The second-order valence-corrected chi connectivity index (χ2v) is 5.10. The topological polar surface area (TPSA) is 66.9 Å². The lowest BCUT2D eigenvalue weighted by atomic mass is 10.3. The fourth-order valence-electron chi connectivity index (χ4n) is 1.69. The molecule has 1 aromatic carbocycles. The van der Waals surface area contributed by atoms with Crippen molar-refractivity contribution in [2.24, 2.45) is 0 Å². The molecular formula is C14H15FN4OS. The predicted octanol–water partition coefficient (Wildman–Crippen LogP) is 2.97. The minimum atomic E-state index is -0.414. The number of benzene rings is 1. The molecule has 1 aromatic heterocycles. The molecule has 2 aromatic rings. The molecular weight excluding hydrogens is 291 g/mol. The van der Waals surface area contributed by atoms with Gasteiger partial charge in [0.1, 0.15) is 11.6 Å². The van der Waals surface area contributed by atoms with Crippen molar-refractivity contribution in [2.45, 2.75) is 18.4 Å². The lowest BCUT2D eigenvalue weighted by molar-refractivity contribution is 0.251. The standard InChI is InChI=1S/C14H15FN4OS/c1-9-16-6-5-11(18-9)8-17-14(20)19-10-3-4-13(21-2)12(15)7-10/h3-7H,8H2,1-2H3,(H2,17,19,20). The molecule has 1 heterocycles. The van der Waals surface area contributed by atoms with Crippen LogP contribution >= 0.6 is 11.8 Å². The highest BCUT2D eigenvalue weighted by atomic mass is 32.2. The molecule has 21 heavy (non-hydrogen) atoms. The number of nitrogens with zero attached hydrogens (tertiary/aromatic N) is 2. The molecule has 0 aliphatic rings. The van der Waals surface area contributed by atoms with Gasteiger partial charge in [0.2, 0.25) is 0 Å². The molecule has 2 N–H and O–H groups in total. The molecule has 0 atom stereocenters. The van der Waals surface area contributed by atoms with E-state index in [2.05, 4.69) is 20.6 Å². The van der Waals surface area contributed by atoms with E-state index in [9.17, 15) is 9.18 Å². The second kappa shape index (κ2) is 7.03. The summed E-state index contributed by atoms with van der Waals surface area (Å²) in [6, 6.07) is 5.88. The summed E-state index contributed by atoms with van der Waals surface area (Å²) in [7, 11) is 0. The van der Waals surface area contributed by atoms with Crippen LogP contribution in [0.5, 0.6) is 0 Å². The number of rotatable bonds is 4. The van der Waals surface area contributed by atoms with Gasteiger partial charge in [-0.05, 0) is 37.4 Å². The van der Waals surface area contributed by atoms with Crippen LogP contribution in [0.3, 0.4) is 0 Å². The lowest BCUT2D eigenvalue weighted by Crippen LogP contribution is -2.28. The number of hydrogen-bond acceptors (Lipinski definition) is 4. The van der Waals surface area contributed by atoms with Gasteiger partial charge in [-0.15, -0.1) is 11.8 Å². The number of aryl methyl sites for hydroxylation is 1. The number of urea groups is 1. The molecule has 0 fully saturated rings. The fourth-order valence-corrected chi connectivity index (χ4v) is 2.15. The summed E-state index contributed by atoms with van der Waals surface area (Å²) < 4.78 is 13.6. The number of amides is 2. The minimum Gasteiger partial charge on any atom is -0.332 e. The first kappa shape index (κ1) is 15.2. The minimum absolute atomic E-state index is 0.278. The van der Waals surface area contributed by atoms with Crippen molar-refractivity contribution in [2.75, 3.05) is 11.6 Å². The monoisotopic (exact) mass is 306 g/mol. The Morgan fingerprint density at radius 3 is 2.86 bits per heavy atom. The van der Waals surface area contributed by atoms with Crippen LogP contribution in [-0.2, 0) is 6.54 Å². The highest BCUT2D eigenvalue weighted by molar-refractivity contribution is 7.98. The molecule has 0 radical (unpaired) electrons. The van der Waals surface area contributed by atoms with Gasteiger partial charge in [-0.1, -0.05) is 0 Å². The first-order valence-electron chi connectivity index (χ1n) is 6.25. The van der Waals surface area contributed by atoms with Crippen LogP contribution in [0.1, 0.15) is 11.5 Å². The predicted molar refractivity (Wildman–Crippen MR) is 80.8 cm³/mol. The lowest BCUT2D eigenvalue weighted by Gasteiger charge is -2.08. The van der Waals surface area contributed by atoms with Crippen molar-refractivity contribution < 1.29 is 9.18 Å². The third-order valence-electron chi connectivity index (χ3n) is 2.67. The van der Waals surface area contributed by atoms with Gasteiger partial charge in [0, 0.05) is 16.8 Å². The van der Waals surface area contributed by atoms with Crippen LogP contribution in [-0.4, -0.2) is 22.3 Å². The smallest absolute Gasteiger partial charge is 0.319 e. The molecule has 0 aliphatic heterocycles. The van der Waals surface area contributed by atoms with Crippen LogP contribution in [0.25, 0.3) is 0 Å². The summed E-state index contributed by atoms with van der Waals surface area (Å²) in [6.45, 7) is 2.06. The zero-order chi connectivity index (χ0) is 15.2. The molecule has 0 saturated carbocycles. The second-order valence-electron chi connectivity index (χ2n) is 4.25. The van der Waals surface area contributed by atoms with Crippen molar-refractivity contribution in [3.8, 4) is 0 Å². The average molecular weight is 306 g/mol. The zero-order valence-corrected chi connectivity index (χ0v) is 12.5. The Bertz CT molecular complexity index is 651. The van der Waals surface area contributed by atoms with Crippen LogP contribution in [0.4, 0.5) is 14.9 Å². The zero-order valence-electron chi connectivity index (χ0n) is 11.7. The van der Waals surface area contributed by atoms with Gasteiger partial charge in [-0.3, -0.25) is 0 Å². The Balaban J connectivity index is 1.91. The maximum atomic E-state index is 13.6. The Labute approximate surface area is 126 Å². The summed E-state index contributed by atoms with van der Waals surface area (Å²) in [5, 5.41) is 5.23. The van der Waals surface area contributed by atoms with E-state index < -0.39 is 6.03 Å². The average Bonchev–Trinajstić information content (AvgIpc) is 2.45. The molecule has 7 heteroatoms. The van der Waals surface area contributed by atoms with Crippen molar-refractivity contribution in [3.63, 3.8) is 0 Å². The maximum Gasteiger partial charge on any atom is 0.319 e. The van der Waals surface area contributed by atoms with Crippen LogP contribution in [0.2, 0.25) is 0 Å². The highest BCUT2D eigenvalue weighted by Crippen LogP contribution is 2.22. The van der Waals surface area contributed by atoms with Crippen LogP contribution in [0.15, 0.2) is 35.4 Å². The SMILES string of the molecule is CSc1ccc(NC(=O)NCc2ccnc(C)n2)cc1F. The fraction of sp³-hybridized carbons (Fsp3) is 0.214. The van der Waals surface area contributed by atoms with E-state index >= 15 is 0 Å². The Morgan fingerprint density at radius 2 is 2.19 bits per heavy atom. The van der Waals surface area contributed by atoms with Gasteiger partial charge < -0.3 is 10.6 Å². The van der Waals surface area contributed by atoms with Gasteiger partial charge >= 0.3 is 6.03 Å². The number of hydrogen-bond donors (Lipinski definition) is 2. The Kier molecular flexibility index (Phi) is 5.10. The van der Waals surface area contributed by atoms with Crippen LogP contribution < -0.4 is 10.6 Å². The van der Waals surface area contributed by atoms with E-state index in [1.165, 1.54) is 17.8 Å². The summed E-state index contributed by atoms with van der Waals surface area (Å²) in [6.07, 6.45) is 3.43. The molecule has 0 bridgehead atoms. The molecule has 2 amide bonds. The first-order valence-corrected chi connectivity index (χ1v) is 7.48. The summed E-state index contributed by atoms with van der Waals surface area (Å²) in [5.41, 5.74) is 1.11.